The largest absolute Gasteiger partial charge is 0.367 e. The lowest BCUT2D eigenvalue weighted by molar-refractivity contribution is 0.775. The van der Waals surface area contributed by atoms with Crippen LogP contribution in [0.2, 0.25) is 0 Å². The van der Waals surface area contributed by atoms with E-state index in [1.165, 1.54) is 13.1 Å². The van der Waals surface area contributed by atoms with E-state index in [1.54, 1.807) is 0 Å². The van der Waals surface area contributed by atoms with Gasteiger partial charge in [0.1, 0.15) is 5.82 Å². The van der Waals surface area contributed by atoms with Crippen LogP contribution >= 0.6 is 0 Å². The van der Waals surface area contributed by atoms with Crippen LogP contribution in [0.3, 0.4) is 0 Å². The molecule has 0 unspecified atom stereocenters. The predicted octanol–water partition coefficient (Wildman–Crippen LogP) is 0.0256. The Morgan fingerprint density at radius 1 is 1.39 bits per heavy atom. The highest BCUT2D eigenvalue weighted by molar-refractivity contribution is 5.35. The maximum atomic E-state index is 11.4. The van der Waals surface area contributed by atoms with E-state index in [-0.39, 0.29) is 5.56 Å². The summed E-state index contributed by atoms with van der Waals surface area (Å²) in [6, 6.07) is 1.35. The number of hydrogen-bond acceptors (Lipinski definition) is 4. The molecule has 0 bridgehead atoms. The number of nitrogens with zero attached hydrogens (tertiary/aromatic N) is 2. The van der Waals surface area contributed by atoms with Crippen molar-refractivity contribution in [3.05, 3.63) is 43.9 Å². The van der Waals surface area contributed by atoms with Gasteiger partial charge >= 0.3 is 5.69 Å². The van der Waals surface area contributed by atoms with Gasteiger partial charge < -0.3 is 5.32 Å². The van der Waals surface area contributed by atoms with Gasteiger partial charge in [0.2, 0.25) is 0 Å². The van der Waals surface area contributed by atoms with Crippen LogP contribution in [-0.4, -0.2) is 19.7 Å². The zero-order chi connectivity index (χ0) is 13.3. The molecule has 0 aliphatic heterocycles. The highest BCUT2D eigenvalue weighted by Gasteiger charge is 2.06. The summed E-state index contributed by atoms with van der Waals surface area (Å²) in [5.74, 6) is 0.406. The summed E-state index contributed by atoms with van der Waals surface area (Å²) >= 11 is 0. The maximum absolute atomic E-state index is 11.4. The average molecular weight is 249 g/mol. The lowest BCUT2D eigenvalue weighted by Gasteiger charge is -2.06. The summed E-state index contributed by atoms with van der Waals surface area (Å²) in [4.78, 5) is 25.4. The van der Waals surface area contributed by atoms with Crippen LogP contribution < -0.4 is 16.6 Å². The van der Waals surface area contributed by atoms with Gasteiger partial charge in [-0.1, -0.05) is 0 Å². The van der Waals surface area contributed by atoms with Crippen LogP contribution in [0.5, 0.6) is 0 Å². The molecule has 3 N–H and O–H groups in total. The Bertz CT molecular complexity index is 629. The number of aryl methyl sites for hydroxylation is 2. The number of rotatable bonds is 3. The second kappa shape index (κ2) is 4.52. The molecular formula is C11H15N5O2. The first-order valence-corrected chi connectivity index (χ1v) is 5.53. The van der Waals surface area contributed by atoms with Crippen molar-refractivity contribution < 1.29 is 0 Å². The number of aromatic amines is 2. The Morgan fingerprint density at radius 3 is 2.67 bits per heavy atom. The number of nitrogens with one attached hydrogen (secondary N) is 3. The molecule has 0 spiro atoms. The van der Waals surface area contributed by atoms with Crippen molar-refractivity contribution in [1.29, 1.82) is 0 Å². The summed E-state index contributed by atoms with van der Waals surface area (Å²) in [6.07, 6.45) is 0. The molecule has 0 saturated carbocycles. The van der Waals surface area contributed by atoms with Crippen LogP contribution in [0, 0.1) is 13.8 Å². The van der Waals surface area contributed by atoms with E-state index in [1.807, 2.05) is 13.8 Å². The van der Waals surface area contributed by atoms with Gasteiger partial charge in [0.15, 0.2) is 0 Å². The molecule has 0 aromatic carbocycles. The van der Waals surface area contributed by atoms with Crippen molar-refractivity contribution >= 4 is 5.82 Å². The van der Waals surface area contributed by atoms with Gasteiger partial charge in [-0.3, -0.25) is 19.4 Å². The Kier molecular flexibility index (Phi) is 3.05. The maximum Gasteiger partial charge on any atom is 0.329 e. The summed E-state index contributed by atoms with van der Waals surface area (Å²) < 4.78 is 1.01. The molecule has 18 heavy (non-hydrogen) atoms. The Labute approximate surface area is 103 Å². The van der Waals surface area contributed by atoms with Crippen molar-refractivity contribution in [3.8, 4) is 0 Å². The van der Waals surface area contributed by atoms with Crippen LogP contribution in [0.4, 0.5) is 5.82 Å². The number of hydrogen-bond donors (Lipinski definition) is 3. The molecule has 96 valence electrons. The molecule has 7 nitrogen and oxygen atoms in total. The standard InChI is InChI=1S/C11H15N5O2/c1-6-8(7(2)15-14-6)5-12-9-4-10(17)16(3)11(18)13-9/h4,12H,5H2,1-3H3,(H,13,18)(H,14,15). The third-order valence-electron chi connectivity index (χ3n) is 2.88. The van der Waals surface area contributed by atoms with E-state index in [9.17, 15) is 9.59 Å². The van der Waals surface area contributed by atoms with E-state index in [4.69, 9.17) is 0 Å². The zero-order valence-corrected chi connectivity index (χ0v) is 10.5. The fourth-order valence-electron chi connectivity index (χ4n) is 1.67. The van der Waals surface area contributed by atoms with Crippen LogP contribution in [-0.2, 0) is 13.6 Å². The molecule has 0 radical (unpaired) electrons. The predicted molar refractivity (Wildman–Crippen MR) is 67.7 cm³/mol. The molecule has 0 aliphatic rings. The highest BCUT2D eigenvalue weighted by Crippen LogP contribution is 2.10. The van der Waals surface area contributed by atoms with Gasteiger partial charge in [-0.2, -0.15) is 5.10 Å². The molecule has 2 heterocycles. The lowest BCUT2D eigenvalue weighted by atomic mass is 10.2. The second-order valence-corrected chi connectivity index (χ2v) is 4.15. The molecule has 0 saturated heterocycles. The third kappa shape index (κ3) is 2.20. The fraction of sp³-hybridized carbons (Fsp3) is 0.364. The molecular weight excluding hydrogens is 234 g/mol. The van der Waals surface area contributed by atoms with E-state index in [2.05, 4.69) is 20.5 Å². The quantitative estimate of drug-likeness (QED) is 0.715. The average Bonchev–Trinajstić information content (AvgIpc) is 2.63. The first-order chi connectivity index (χ1) is 8.49. The van der Waals surface area contributed by atoms with Gasteiger partial charge in [-0.25, -0.2) is 4.79 Å². The highest BCUT2D eigenvalue weighted by atomic mass is 16.2. The van der Waals surface area contributed by atoms with E-state index >= 15 is 0 Å². The summed E-state index contributed by atoms with van der Waals surface area (Å²) in [6.45, 7) is 4.31. The zero-order valence-electron chi connectivity index (χ0n) is 10.5. The fourth-order valence-corrected chi connectivity index (χ4v) is 1.67. The molecule has 0 aliphatic carbocycles. The molecule has 2 aromatic heterocycles. The van der Waals surface area contributed by atoms with E-state index in [0.717, 1.165) is 21.5 Å². The van der Waals surface area contributed by atoms with Gasteiger partial charge in [-0.05, 0) is 13.8 Å². The molecule has 7 heteroatoms. The minimum absolute atomic E-state index is 0.345. The first-order valence-electron chi connectivity index (χ1n) is 5.53. The third-order valence-corrected chi connectivity index (χ3v) is 2.88. The molecule has 0 fully saturated rings. The minimum Gasteiger partial charge on any atom is -0.367 e. The summed E-state index contributed by atoms with van der Waals surface area (Å²) in [7, 11) is 1.43. The monoisotopic (exact) mass is 249 g/mol. The summed E-state index contributed by atoms with van der Waals surface area (Å²) in [5, 5.41) is 9.96. The second-order valence-electron chi connectivity index (χ2n) is 4.15. The Morgan fingerprint density at radius 2 is 2.11 bits per heavy atom. The van der Waals surface area contributed by atoms with E-state index in [0.29, 0.717) is 12.4 Å². The van der Waals surface area contributed by atoms with Crippen molar-refractivity contribution in [2.45, 2.75) is 20.4 Å². The van der Waals surface area contributed by atoms with Crippen molar-refractivity contribution in [2.24, 2.45) is 7.05 Å². The number of H-pyrrole nitrogens is 2. The number of anilines is 1. The molecule has 0 atom stereocenters. The van der Waals surface area contributed by atoms with Crippen molar-refractivity contribution in [3.63, 3.8) is 0 Å². The first kappa shape index (κ1) is 12.2. The SMILES string of the molecule is Cc1n[nH]c(C)c1CNc1cc(=O)n(C)c(=O)[nH]1. The topological polar surface area (TPSA) is 95.6 Å². The van der Waals surface area contributed by atoms with Gasteiger partial charge in [-0.15, -0.1) is 0 Å². The lowest BCUT2D eigenvalue weighted by Crippen LogP contribution is -2.32. The van der Waals surface area contributed by atoms with Gasteiger partial charge in [0, 0.05) is 30.9 Å². The molecule has 2 rings (SSSR count). The van der Waals surface area contributed by atoms with Crippen LogP contribution in [0.15, 0.2) is 15.7 Å². The molecule has 2 aromatic rings. The Hall–Kier alpha value is -2.31. The summed E-state index contributed by atoms with van der Waals surface area (Å²) in [5.41, 5.74) is 2.10. The van der Waals surface area contributed by atoms with Crippen molar-refractivity contribution in [2.75, 3.05) is 5.32 Å². The van der Waals surface area contributed by atoms with Crippen molar-refractivity contribution in [1.82, 2.24) is 19.7 Å². The van der Waals surface area contributed by atoms with E-state index < -0.39 is 5.69 Å². The minimum atomic E-state index is -0.439. The normalized spacial score (nSPS) is 10.6. The van der Waals surface area contributed by atoms with Crippen LogP contribution in [0.25, 0.3) is 0 Å². The molecule has 0 amide bonds. The van der Waals surface area contributed by atoms with Crippen LogP contribution in [0.1, 0.15) is 17.0 Å². The Balaban J connectivity index is 2.22. The number of aromatic nitrogens is 4. The van der Waals surface area contributed by atoms with Gasteiger partial charge in [0.05, 0.1) is 5.69 Å². The van der Waals surface area contributed by atoms with Gasteiger partial charge in [0.25, 0.3) is 5.56 Å². The smallest absolute Gasteiger partial charge is 0.329 e.